The third-order valence-electron chi connectivity index (χ3n) is 3.23. The zero-order chi connectivity index (χ0) is 13.5. The van der Waals surface area contributed by atoms with E-state index >= 15 is 0 Å². The molecule has 0 fully saturated rings. The molecule has 0 unspecified atom stereocenters. The van der Waals surface area contributed by atoms with Gasteiger partial charge in [-0.3, -0.25) is 4.79 Å². The number of hydrogen-bond acceptors (Lipinski definition) is 1. The number of rotatable bonds is 1. The highest BCUT2D eigenvalue weighted by Crippen LogP contribution is 2.35. The van der Waals surface area contributed by atoms with Crippen LogP contribution < -0.4 is 0 Å². The van der Waals surface area contributed by atoms with Gasteiger partial charge in [-0.25, -0.2) is 0 Å². The quantitative estimate of drug-likeness (QED) is 0.756. The van der Waals surface area contributed by atoms with Crippen molar-refractivity contribution in [3.8, 4) is 0 Å². The molecule has 0 aromatic heterocycles. The molecule has 2 rings (SSSR count). The van der Waals surface area contributed by atoms with Crippen LogP contribution in [0.1, 0.15) is 35.6 Å². The molecule has 1 aromatic carbocycles. The molecule has 0 N–H and O–H groups in total. The average molecular weight is 257 g/mol. The van der Waals surface area contributed by atoms with E-state index in [0.29, 0.717) is 18.5 Å². The summed E-state index contributed by atoms with van der Waals surface area (Å²) in [6, 6.07) is 2.72. The second-order valence-electron chi connectivity index (χ2n) is 4.54. The Labute approximate surface area is 103 Å². The van der Waals surface area contributed by atoms with E-state index in [1.807, 2.05) is 0 Å². The molecule has 1 aliphatic rings. The highest BCUT2D eigenvalue weighted by Gasteiger charge is 2.34. The van der Waals surface area contributed by atoms with Gasteiger partial charge in [0.2, 0.25) is 5.91 Å². The highest BCUT2D eigenvalue weighted by atomic mass is 19.4. The SMILES string of the molecule is CCC(=O)N1Cc2cc(C)c(C(F)(F)F)cc2C1. The van der Waals surface area contributed by atoms with Gasteiger partial charge in [0.1, 0.15) is 0 Å². The first-order valence-electron chi connectivity index (χ1n) is 5.80. The van der Waals surface area contributed by atoms with Gasteiger partial charge in [-0.2, -0.15) is 13.2 Å². The van der Waals surface area contributed by atoms with Gasteiger partial charge >= 0.3 is 6.18 Å². The van der Waals surface area contributed by atoms with Crippen molar-refractivity contribution in [1.82, 2.24) is 4.90 Å². The van der Waals surface area contributed by atoms with E-state index in [0.717, 1.165) is 5.56 Å². The maximum atomic E-state index is 12.8. The molecule has 18 heavy (non-hydrogen) atoms. The monoisotopic (exact) mass is 257 g/mol. The lowest BCUT2D eigenvalue weighted by atomic mass is 10.0. The fourth-order valence-electron chi connectivity index (χ4n) is 2.28. The molecule has 1 aromatic rings. The zero-order valence-electron chi connectivity index (χ0n) is 10.3. The van der Waals surface area contributed by atoms with Gasteiger partial charge in [-0.15, -0.1) is 0 Å². The lowest BCUT2D eigenvalue weighted by Crippen LogP contribution is -2.23. The molecular formula is C13H14F3NO. The van der Waals surface area contributed by atoms with Crippen LogP contribution >= 0.6 is 0 Å². The summed E-state index contributed by atoms with van der Waals surface area (Å²) in [7, 11) is 0. The number of carbonyl (C=O) groups excluding carboxylic acids is 1. The fraction of sp³-hybridized carbons (Fsp3) is 0.462. The van der Waals surface area contributed by atoms with Gasteiger partial charge < -0.3 is 4.90 Å². The van der Waals surface area contributed by atoms with Crippen molar-refractivity contribution in [3.05, 3.63) is 34.4 Å². The van der Waals surface area contributed by atoms with E-state index in [1.165, 1.54) is 13.0 Å². The summed E-state index contributed by atoms with van der Waals surface area (Å²) in [5, 5.41) is 0. The smallest absolute Gasteiger partial charge is 0.334 e. The third-order valence-corrected chi connectivity index (χ3v) is 3.23. The van der Waals surface area contributed by atoms with Crippen molar-refractivity contribution >= 4 is 5.91 Å². The van der Waals surface area contributed by atoms with Crippen LogP contribution in [0.2, 0.25) is 0 Å². The van der Waals surface area contributed by atoms with Crippen LogP contribution in [-0.2, 0) is 24.1 Å². The van der Waals surface area contributed by atoms with Gasteiger partial charge in [-0.05, 0) is 29.7 Å². The number of alkyl halides is 3. The minimum atomic E-state index is -4.33. The Kier molecular flexibility index (Phi) is 3.09. The minimum absolute atomic E-state index is 0.0302. The molecule has 0 saturated carbocycles. The highest BCUT2D eigenvalue weighted by molar-refractivity contribution is 5.76. The van der Waals surface area contributed by atoms with Crippen LogP contribution in [0.25, 0.3) is 0 Å². The fourth-order valence-corrected chi connectivity index (χ4v) is 2.28. The molecular weight excluding hydrogens is 243 g/mol. The van der Waals surface area contributed by atoms with Gasteiger partial charge in [0.25, 0.3) is 0 Å². The lowest BCUT2D eigenvalue weighted by Gasteiger charge is -2.13. The average Bonchev–Trinajstić information content (AvgIpc) is 2.68. The molecule has 2 nitrogen and oxygen atoms in total. The summed E-state index contributed by atoms with van der Waals surface area (Å²) in [5.41, 5.74) is 1.04. The second-order valence-corrected chi connectivity index (χ2v) is 4.54. The number of hydrogen-bond donors (Lipinski definition) is 0. The largest absolute Gasteiger partial charge is 0.416 e. The number of amides is 1. The van der Waals surface area contributed by atoms with Gasteiger partial charge in [0.05, 0.1) is 5.56 Å². The number of fused-ring (bicyclic) bond motifs is 1. The molecule has 1 heterocycles. The summed E-state index contributed by atoms with van der Waals surface area (Å²) < 4.78 is 38.3. The molecule has 1 aliphatic heterocycles. The zero-order valence-corrected chi connectivity index (χ0v) is 10.3. The van der Waals surface area contributed by atoms with Crippen molar-refractivity contribution < 1.29 is 18.0 Å². The minimum Gasteiger partial charge on any atom is -0.334 e. The molecule has 0 atom stereocenters. The van der Waals surface area contributed by atoms with Crippen molar-refractivity contribution in [2.45, 2.75) is 39.5 Å². The Morgan fingerprint density at radius 3 is 2.33 bits per heavy atom. The number of carbonyl (C=O) groups is 1. The van der Waals surface area contributed by atoms with Crippen LogP contribution in [0.3, 0.4) is 0 Å². The summed E-state index contributed by atoms with van der Waals surface area (Å²) in [6.45, 7) is 3.90. The Morgan fingerprint density at radius 2 is 1.83 bits per heavy atom. The van der Waals surface area contributed by atoms with Crippen LogP contribution in [0.5, 0.6) is 0 Å². The van der Waals surface area contributed by atoms with Crippen molar-refractivity contribution in [1.29, 1.82) is 0 Å². The summed E-state index contributed by atoms with van der Waals surface area (Å²) in [6.07, 6.45) is -3.96. The first-order chi connectivity index (χ1) is 8.32. The number of aryl methyl sites for hydroxylation is 1. The lowest BCUT2D eigenvalue weighted by molar-refractivity contribution is -0.138. The van der Waals surface area contributed by atoms with E-state index in [-0.39, 0.29) is 18.0 Å². The first kappa shape index (κ1) is 12.9. The predicted molar refractivity (Wildman–Crippen MR) is 60.7 cm³/mol. The molecule has 0 bridgehead atoms. The summed E-state index contributed by atoms with van der Waals surface area (Å²) in [4.78, 5) is 13.1. The predicted octanol–water partition coefficient (Wildman–Crippen LogP) is 3.27. The summed E-state index contributed by atoms with van der Waals surface area (Å²) in [5.74, 6) is -0.0302. The van der Waals surface area contributed by atoms with Crippen LogP contribution in [0, 0.1) is 6.92 Å². The Morgan fingerprint density at radius 1 is 1.28 bits per heavy atom. The first-order valence-corrected chi connectivity index (χ1v) is 5.80. The van der Waals surface area contributed by atoms with Crippen LogP contribution in [0.4, 0.5) is 13.2 Å². The maximum Gasteiger partial charge on any atom is 0.416 e. The molecule has 5 heteroatoms. The third kappa shape index (κ3) is 2.21. The Hall–Kier alpha value is -1.52. The van der Waals surface area contributed by atoms with Gasteiger partial charge in [-0.1, -0.05) is 13.0 Å². The second kappa shape index (κ2) is 4.30. The van der Waals surface area contributed by atoms with E-state index in [9.17, 15) is 18.0 Å². The molecule has 0 radical (unpaired) electrons. The molecule has 0 saturated heterocycles. The molecule has 0 spiro atoms. The van der Waals surface area contributed by atoms with E-state index in [1.54, 1.807) is 17.9 Å². The molecule has 0 aliphatic carbocycles. The maximum absolute atomic E-state index is 12.8. The van der Waals surface area contributed by atoms with Gasteiger partial charge in [0.15, 0.2) is 0 Å². The standard InChI is InChI=1S/C13H14F3NO/c1-3-12(18)17-6-9-4-8(2)11(13(14,15)16)5-10(9)7-17/h4-5H,3,6-7H2,1-2H3. The van der Waals surface area contributed by atoms with Crippen molar-refractivity contribution in [3.63, 3.8) is 0 Å². The molecule has 98 valence electrons. The number of benzene rings is 1. The van der Waals surface area contributed by atoms with E-state index in [2.05, 4.69) is 0 Å². The number of nitrogens with zero attached hydrogens (tertiary/aromatic N) is 1. The number of halogens is 3. The van der Waals surface area contributed by atoms with Crippen LogP contribution in [-0.4, -0.2) is 10.8 Å². The van der Waals surface area contributed by atoms with Crippen LogP contribution in [0.15, 0.2) is 12.1 Å². The molecule has 1 amide bonds. The van der Waals surface area contributed by atoms with Crippen molar-refractivity contribution in [2.24, 2.45) is 0 Å². The Bertz CT molecular complexity index is 494. The normalized spacial score (nSPS) is 14.8. The van der Waals surface area contributed by atoms with Gasteiger partial charge in [0, 0.05) is 19.5 Å². The van der Waals surface area contributed by atoms with E-state index in [4.69, 9.17) is 0 Å². The van der Waals surface area contributed by atoms with Crippen molar-refractivity contribution in [2.75, 3.05) is 0 Å². The topological polar surface area (TPSA) is 20.3 Å². The summed E-state index contributed by atoms with van der Waals surface area (Å²) >= 11 is 0. The van der Waals surface area contributed by atoms with E-state index < -0.39 is 11.7 Å². The Balaban J connectivity index is 2.35.